The van der Waals surface area contributed by atoms with Gasteiger partial charge in [-0.05, 0) is 48.7 Å². The van der Waals surface area contributed by atoms with E-state index in [0.717, 1.165) is 44.3 Å². The van der Waals surface area contributed by atoms with Crippen LogP contribution in [0.2, 0.25) is 0 Å². The molecule has 1 saturated carbocycles. The minimum Gasteiger partial charge on any atom is -0.454 e. The first-order chi connectivity index (χ1) is 19.1. The van der Waals surface area contributed by atoms with Crippen molar-refractivity contribution in [2.24, 2.45) is 0 Å². The van der Waals surface area contributed by atoms with Crippen LogP contribution in [0.4, 0.5) is 0 Å². The fourth-order valence-electron chi connectivity index (χ4n) is 5.42. The van der Waals surface area contributed by atoms with Crippen LogP contribution in [0.5, 0.6) is 11.5 Å². The Balaban J connectivity index is 1.34. The quantitative estimate of drug-likeness (QED) is 0.358. The highest BCUT2D eigenvalue weighted by molar-refractivity contribution is 5.97. The number of ether oxygens (including phenoxy) is 3. The first kappa shape index (κ1) is 26.8. The predicted octanol–water partition coefficient (Wildman–Crippen LogP) is 4.72. The smallest absolute Gasteiger partial charge is 0.254 e. The minimum atomic E-state index is -0.146. The molecule has 3 aromatic rings. The molecule has 2 heterocycles. The van der Waals surface area contributed by atoms with Crippen LogP contribution < -0.4 is 9.47 Å². The van der Waals surface area contributed by atoms with Crippen molar-refractivity contribution in [2.75, 3.05) is 33.6 Å². The van der Waals surface area contributed by atoms with Crippen LogP contribution in [0.1, 0.15) is 53.7 Å². The molecule has 0 atom stereocenters. The number of hydrogen-bond acceptors (Lipinski definition) is 5. The maximum absolute atomic E-state index is 13.8. The molecule has 2 aliphatic rings. The highest BCUT2D eigenvalue weighted by Crippen LogP contribution is 2.33. The third-order valence-electron chi connectivity index (χ3n) is 7.59. The Bertz CT molecular complexity index is 1250. The van der Waals surface area contributed by atoms with Crippen molar-refractivity contribution in [1.29, 1.82) is 0 Å². The molecule has 1 aliphatic carbocycles. The zero-order valence-corrected chi connectivity index (χ0v) is 22.6. The molecule has 206 valence electrons. The molecule has 0 bridgehead atoms. The van der Waals surface area contributed by atoms with Gasteiger partial charge in [0.1, 0.15) is 6.54 Å². The van der Waals surface area contributed by atoms with Gasteiger partial charge >= 0.3 is 0 Å². The molecule has 39 heavy (non-hydrogen) atoms. The van der Waals surface area contributed by atoms with Crippen molar-refractivity contribution in [3.05, 3.63) is 83.7 Å². The lowest BCUT2D eigenvalue weighted by molar-refractivity contribution is -0.133. The molecule has 8 nitrogen and oxygen atoms in total. The first-order valence-corrected chi connectivity index (χ1v) is 13.8. The fourth-order valence-corrected chi connectivity index (χ4v) is 5.42. The molecular weight excluding hydrogens is 494 g/mol. The predicted molar refractivity (Wildman–Crippen MR) is 148 cm³/mol. The molecule has 8 heteroatoms. The molecule has 2 amide bonds. The highest BCUT2D eigenvalue weighted by atomic mass is 16.7. The molecule has 2 aromatic carbocycles. The molecule has 0 unspecified atom stereocenters. The van der Waals surface area contributed by atoms with Gasteiger partial charge in [-0.3, -0.25) is 9.59 Å². The lowest BCUT2D eigenvalue weighted by atomic mass is 9.93. The summed E-state index contributed by atoms with van der Waals surface area (Å²) in [5.74, 6) is 0.972. The van der Waals surface area contributed by atoms with Crippen LogP contribution in [0.15, 0.2) is 66.9 Å². The number of carbonyl (C=O) groups is 2. The third kappa shape index (κ3) is 6.63. The second-order valence-corrected chi connectivity index (χ2v) is 10.2. The summed E-state index contributed by atoms with van der Waals surface area (Å²) >= 11 is 0. The van der Waals surface area contributed by atoms with Gasteiger partial charge in [-0.2, -0.15) is 0 Å². The summed E-state index contributed by atoms with van der Waals surface area (Å²) in [5, 5.41) is 0. The summed E-state index contributed by atoms with van der Waals surface area (Å²) in [7, 11) is 1.64. The molecule has 0 spiro atoms. The number of nitrogens with zero attached hydrogens (tertiary/aromatic N) is 3. The summed E-state index contributed by atoms with van der Waals surface area (Å²) in [6.45, 7) is 2.22. The maximum Gasteiger partial charge on any atom is 0.254 e. The SMILES string of the molecule is COCCN(Cc1cccn1Cc1ccccc1)C(=O)CN(C(=O)c1ccc2c(c1)OCO2)C1CCCCC1. The van der Waals surface area contributed by atoms with Gasteiger partial charge in [0.25, 0.3) is 5.91 Å². The number of aromatic nitrogens is 1. The van der Waals surface area contributed by atoms with E-state index in [0.29, 0.717) is 36.8 Å². The van der Waals surface area contributed by atoms with E-state index < -0.39 is 0 Å². The zero-order valence-electron chi connectivity index (χ0n) is 22.6. The maximum atomic E-state index is 13.8. The highest BCUT2D eigenvalue weighted by Gasteiger charge is 2.31. The van der Waals surface area contributed by atoms with Crippen molar-refractivity contribution < 1.29 is 23.8 Å². The fraction of sp³-hybridized carbons (Fsp3) is 0.419. The van der Waals surface area contributed by atoms with Crippen molar-refractivity contribution >= 4 is 11.8 Å². The van der Waals surface area contributed by atoms with Crippen molar-refractivity contribution in [3.63, 3.8) is 0 Å². The topological polar surface area (TPSA) is 73.2 Å². The van der Waals surface area contributed by atoms with Gasteiger partial charge in [0.2, 0.25) is 12.7 Å². The lowest BCUT2D eigenvalue weighted by Crippen LogP contribution is -2.48. The van der Waals surface area contributed by atoms with Crippen LogP contribution in [0.3, 0.4) is 0 Å². The van der Waals surface area contributed by atoms with E-state index >= 15 is 0 Å². The van der Waals surface area contributed by atoms with Gasteiger partial charge in [0.05, 0.1) is 13.2 Å². The van der Waals surface area contributed by atoms with Crippen molar-refractivity contribution in [2.45, 2.75) is 51.2 Å². The normalized spacial score (nSPS) is 14.8. The van der Waals surface area contributed by atoms with E-state index in [4.69, 9.17) is 14.2 Å². The number of methoxy groups -OCH3 is 1. The lowest BCUT2D eigenvalue weighted by Gasteiger charge is -2.35. The Morgan fingerprint density at radius 3 is 2.56 bits per heavy atom. The van der Waals surface area contributed by atoms with E-state index in [1.165, 1.54) is 5.56 Å². The number of carbonyl (C=O) groups excluding carboxylic acids is 2. The van der Waals surface area contributed by atoms with E-state index in [9.17, 15) is 9.59 Å². The van der Waals surface area contributed by atoms with Gasteiger partial charge < -0.3 is 28.6 Å². The molecule has 0 saturated heterocycles. The minimum absolute atomic E-state index is 0.0288. The van der Waals surface area contributed by atoms with Crippen LogP contribution in [0.25, 0.3) is 0 Å². The molecule has 0 N–H and O–H groups in total. The number of hydrogen-bond donors (Lipinski definition) is 0. The second-order valence-electron chi connectivity index (χ2n) is 10.2. The van der Waals surface area contributed by atoms with E-state index in [1.807, 2.05) is 41.4 Å². The number of rotatable bonds is 11. The van der Waals surface area contributed by atoms with E-state index in [-0.39, 0.29) is 31.2 Å². The molecule has 1 aromatic heterocycles. The first-order valence-electron chi connectivity index (χ1n) is 13.8. The number of fused-ring (bicyclic) bond motifs is 1. The Kier molecular flexibility index (Phi) is 8.83. The molecule has 5 rings (SSSR count). The van der Waals surface area contributed by atoms with Gasteiger partial charge in [-0.1, -0.05) is 49.6 Å². The molecule has 1 fully saturated rings. The largest absolute Gasteiger partial charge is 0.454 e. The van der Waals surface area contributed by atoms with Crippen LogP contribution in [-0.2, 0) is 22.6 Å². The van der Waals surface area contributed by atoms with Crippen LogP contribution >= 0.6 is 0 Å². The average Bonchev–Trinajstić information content (AvgIpc) is 3.63. The van der Waals surface area contributed by atoms with Gasteiger partial charge in [-0.15, -0.1) is 0 Å². The Hall–Kier alpha value is -3.78. The average molecular weight is 532 g/mol. The molecular formula is C31H37N3O5. The van der Waals surface area contributed by atoms with Gasteiger partial charge in [-0.25, -0.2) is 0 Å². The Morgan fingerprint density at radius 1 is 0.974 bits per heavy atom. The summed E-state index contributed by atoms with van der Waals surface area (Å²) in [6, 6.07) is 19.6. The van der Waals surface area contributed by atoms with Crippen molar-refractivity contribution in [1.82, 2.24) is 14.4 Å². The Morgan fingerprint density at radius 2 is 1.77 bits per heavy atom. The molecule has 1 aliphatic heterocycles. The second kappa shape index (κ2) is 12.8. The Labute approximate surface area is 230 Å². The third-order valence-corrected chi connectivity index (χ3v) is 7.59. The summed E-state index contributed by atoms with van der Waals surface area (Å²) in [6.07, 6.45) is 7.13. The van der Waals surface area contributed by atoms with Gasteiger partial charge in [0, 0.05) is 43.7 Å². The molecule has 0 radical (unpaired) electrons. The van der Waals surface area contributed by atoms with Crippen molar-refractivity contribution in [3.8, 4) is 11.5 Å². The van der Waals surface area contributed by atoms with E-state index in [2.05, 4.69) is 16.7 Å². The zero-order chi connectivity index (χ0) is 27.0. The van der Waals surface area contributed by atoms with E-state index in [1.54, 1.807) is 30.2 Å². The number of amides is 2. The summed E-state index contributed by atoms with van der Waals surface area (Å²) in [4.78, 5) is 31.3. The van der Waals surface area contributed by atoms with Crippen LogP contribution in [-0.4, -0.2) is 65.8 Å². The number of benzene rings is 2. The monoisotopic (exact) mass is 531 g/mol. The summed E-state index contributed by atoms with van der Waals surface area (Å²) < 4.78 is 18.4. The summed E-state index contributed by atoms with van der Waals surface area (Å²) in [5.41, 5.74) is 2.75. The van der Waals surface area contributed by atoms with Gasteiger partial charge in [0.15, 0.2) is 11.5 Å². The standard InChI is InChI=1S/C31H37N3O5/c1-37-18-17-33(21-27-13-8-16-32(27)20-24-9-4-2-5-10-24)30(35)22-34(26-11-6-3-7-12-26)31(36)25-14-15-28-29(19-25)39-23-38-28/h2,4-5,8-10,13-16,19,26H,3,6-7,11-12,17-18,20-23H2,1H3. The van der Waals surface area contributed by atoms with Crippen LogP contribution in [0, 0.1) is 0 Å².